The van der Waals surface area contributed by atoms with Gasteiger partial charge in [-0.15, -0.1) is 0 Å². The molecule has 6 nitrogen and oxygen atoms in total. The Kier molecular flexibility index (Phi) is 4.49. The largest absolute Gasteiger partial charge is 0.477 e. The molecule has 0 aliphatic rings. The molecular weight excluding hydrogens is 406 g/mol. The van der Waals surface area contributed by atoms with Gasteiger partial charge in [0.2, 0.25) is 0 Å². The van der Waals surface area contributed by atoms with Crippen molar-refractivity contribution >= 4 is 48.4 Å². The fraction of sp³-hybridized carbons (Fsp3) is 0.0909. The summed E-state index contributed by atoms with van der Waals surface area (Å²) < 4.78 is 53.0. The van der Waals surface area contributed by atoms with Crippen LogP contribution in [0.25, 0.3) is 0 Å². The molecule has 0 aliphatic heterocycles. The molecule has 0 saturated carbocycles. The van der Waals surface area contributed by atoms with Crippen molar-refractivity contribution in [3.8, 4) is 0 Å². The van der Waals surface area contributed by atoms with Gasteiger partial charge in [0.05, 0.1) is 10.2 Å². The van der Waals surface area contributed by atoms with E-state index in [2.05, 4.69) is 20.9 Å². The van der Waals surface area contributed by atoms with Gasteiger partial charge in [0.1, 0.15) is 21.4 Å². The molecular formula is C11H7BrF2N2O4S2. The third kappa shape index (κ3) is 3.25. The summed E-state index contributed by atoms with van der Waals surface area (Å²) in [6.45, 7) is 1.39. The zero-order valence-electron chi connectivity index (χ0n) is 10.7. The second kappa shape index (κ2) is 5.89. The lowest BCUT2D eigenvalue weighted by Gasteiger charge is -2.07. The smallest absolute Gasteiger partial charge is 0.347 e. The van der Waals surface area contributed by atoms with Crippen LogP contribution in [0.1, 0.15) is 15.4 Å². The first kappa shape index (κ1) is 16.8. The Morgan fingerprint density at radius 2 is 2.00 bits per heavy atom. The van der Waals surface area contributed by atoms with Crippen molar-refractivity contribution in [1.82, 2.24) is 4.98 Å². The van der Waals surface area contributed by atoms with Crippen molar-refractivity contribution in [2.75, 3.05) is 4.72 Å². The number of nitrogens with one attached hydrogen (secondary N) is 1. The van der Waals surface area contributed by atoms with Gasteiger partial charge in [-0.2, -0.15) is 0 Å². The number of nitrogens with zero attached hydrogens (tertiary/aromatic N) is 1. The number of thiazole rings is 1. The zero-order valence-corrected chi connectivity index (χ0v) is 13.9. The van der Waals surface area contributed by atoms with Crippen molar-refractivity contribution in [1.29, 1.82) is 0 Å². The van der Waals surface area contributed by atoms with Gasteiger partial charge in [0.25, 0.3) is 10.0 Å². The minimum absolute atomic E-state index is 0.109. The third-order valence-corrected chi connectivity index (χ3v) is 5.63. The zero-order chi connectivity index (χ0) is 16.7. The minimum Gasteiger partial charge on any atom is -0.477 e. The Morgan fingerprint density at radius 3 is 2.55 bits per heavy atom. The number of aryl methyl sites for hydroxylation is 1. The van der Waals surface area contributed by atoms with E-state index in [-0.39, 0.29) is 20.2 Å². The topological polar surface area (TPSA) is 96.4 Å². The standard InChI is InChI=1S/C11H7BrF2N2O4S2/c1-4-9(10(17)18)21-11(15-4)16-22(19,20)8-3-6(13)5(12)2-7(8)14/h2-3H,1H3,(H,15,16)(H,17,18). The fourth-order valence-electron chi connectivity index (χ4n) is 1.52. The summed E-state index contributed by atoms with van der Waals surface area (Å²) in [7, 11) is -4.44. The summed E-state index contributed by atoms with van der Waals surface area (Å²) in [4.78, 5) is 13.6. The minimum atomic E-state index is -4.44. The van der Waals surface area contributed by atoms with Crippen LogP contribution in [-0.2, 0) is 10.0 Å². The molecule has 0 aliphatic carbocycles. The molecule has 0 fully saturated rings. The number of benzene rings is 1. The highest BCUT2D eigenvalue weighted by molar-refractivity contribution is 9.10. The summed E-state index contributed by atoms with van der Waals surface area (Å²) in [5, 5.41) is 8.63. The summed E-state index contributed by atoms with van der Waals surface area (Å²) in [6.07, 6.45) is 0. The molecule has 0 radical (unpaired) electrons. The van der Waals surface area contributed by atoms with Crippen LogP contribution in [-0.4, -0.2) is 24.5 Å². The highest BCUT2D eigenvalue weighted by Gasteiger charge is 2.24. The van der Waals surface area contributed by atoms with Gasteiger partial charge >= 0.3 is 5.97 Å². The number of anilines is 1. The van der Waals surface area contributed by atoms with E-state index in [0.29, 0.717) is 23.5 Å². The molecule has 118 valence electrons. The lowest BCUT2D eigenvalue weighted by molar-refractivity contribution is 0.0701. The van der Waals surface area contributed by atoms with E-state index in [4.69, 9.17) is 5.11 Å². The van der Waals surface area contributed by atoms with Gasteiger partial charge in [-0.3, -0.25) is 4.72 Å². The molecule has 1 aromatic carbocycles. The summed E-state index contributed by atoms with van der Waals surface area (Å²) >= 11 is 3.31. The summed E-state index contributed by atoms with van der Waals surface area (Å²) in [5.41, 5.74) is 0.109. The number of rotatable bonds is 4. The predicted molar refractivity (Wildman–Crippen MR) is 78.7 cm³/mol. The Hall–Kier alpha value is -1.59. The average molecular weight is 413 g/mol. The first-order valence-corrected chi connectivity index (χ1v) is 8.59. The molecule has 1 heterocycles. The van der Waals surface area contributed by atoms with Gasteiger partial charge in [-0.25, -0.2) is 27.0 Å². The molecule has 2 aromatic rings. The molecule has 0 amide bonds. The quantitative estimate of drug-likeness (QED) is 0.752. The van der Waals surface area contributed by atoms with Crippen LogP contribution >= 0.6 is 27.3 Å². The Bertz CT molecular complexity index is 867. The SMILES string of the molecule is Cc1nc(NS(=O)(=O)c2cc(F)c(Br)cc2F)sc1C(=O)O. The number of carbonyl (C=O) groups is 1. The highest BCUT2D eigenvalue weighted by atomic mass is 79.9. The molecule has 11 heteroatoms. The molecule has 22 heavy (non-hydrogen) atoms. The average Bonchev–Trinajstić information content (AvgIpc) is 2.73. The maximum Gasteiger partial charge on any atom is 0.347 e. The second-order valence-electron chi connectivity index (χ2n) is 4.04. The van der Waals surface area contributed by atoms with Crippen LogP contribution in [0.4, 0.5) is 13.9 Å². The van der Waals surface area contributed by atoms with E-state index in [0.717, 1.165) is 0 Å². The van der Waals surface area contributed by atoms with Crippen molar-refractivity contribution in [3.63, 3.8) is 0 Å². The van der Waals surface area contributed by atoms with Crippen LogP contribution in [0.3, 0.4) is 0 Å². The maximum atomic E-state index is 13.7. The van der Waals surface area contributed by atoms with E-state index in [1.807, 2.05) is 4.72 Å². The van der Waals surface area contributed by atoms with Crippen molar-refractivity contribution < 1.29 is 27.1 Å². The molecule has 0 saturated heterocycles. The lowest BCUT2D eigenvalue weighted by atomic mass is 10.3. The van der Waals surface area contributed by atoms with Crippen molar-refractivity contribution in [2.45, 2.75) is 11.8 Å². The molecule has 0 atom stereocenters. The monoisotopic (exact) mass is 412 g/mol. The van der Waals surface area contributed by atoms with Crippen LogP contribution in [0.5, 0.6) is 0 Å². The Morgan fingerprint density at radius 1 is 1.36 bits per heavy atom. The van der Waals surface area contributed by atoms with Gasteiger partial charge in [-0.1, -0.05) is 11.3 Å². The number of carboxylic acid groups (broad SMARTS) is 1. The maximum absolute atomic E-state index is 13.7. The normalized spacial score (nSPS) is 11.5. The number of hydrogen-bond acceptors (Lipinski definition) is 5. The molecule has 2 rings (SSSR count). The van der Waals surface area contributed by atoms with E-state index in [9.17, 15) is 22.0 Å². The number of halogens is 3. The van der Waals surface area contributed by atoms with Gasteiger partial charge in [0.15, 0.2) is 5.13 Å². The number of carboxylic acids is 1. The van der Waals surface area contributed by atoms with E-state index in [1.54, 1.807) is 0 Å². The van der Waals surface area contributed by atoms with E-state index < -0.39 is 32.5 Å². The molecule has 1 aromatic heterocycles. The molecule has 0 unspecified atom stereocenters. The second-order valence-corrected chi connectivity index (χ2v) is 7.55. The van der Waals surface area contributed by atoms with E-state index >= 15 is 0 Å². The Labute approximate surface area is 136 Å². The lowest BCUT2D eigenvalue weighted by Crippen LogP contribution is -2.15. The van der Waals surface area contributed by atoms with Crippen LogP contribution in [0.2, 0.25) is 0 Å². The Balaban J connectivity index is 2.42. The van der Waals surface area contributed by atoms with Gasteiger partial charge < -0.3 is 5.11 Å². The molecule has 0 bridgehead atoms. The number of hydrogen-bond donors (Lipinski definition) is 2. The van der Waals surface area contributed by atoms with Gasteiger partial charge in [0, 0.05) is 0 Å². The van der Waals surface area contributed by atoms with Crippen LogP contribution < -0.4 is 4.72 Å². The molecule has 2 N–H and O–H groups in total. The highest BCUT2D eigenvalue weighted by Crippen LogP contribution is 2.28. The van der Waals surface area contributed by atoms with Crippen LogP contribution in [0, 0.1) is 18.6 Å². The summed E-state index contributed by atoms with van der Waals surface area (Å²) in [6, 6.07) is 1.19. The van der Waals surface area contributed by atoms with Crippen LogP contribution in [0.15, 0.2) is 21.5 Å². The van der Waals surface area contributed by atoms with E-state index in [1.165, 1.54) is 6.92 Å². The first-order valence-electron chi connectivity index (χ1n) is 5.50. The first-order chi connectivity index (χ1) is 10.1. The molecule has 0 spiro atoms. The number of aromatic nitrogens is 1. The third-order valence-electron chi connectivity index (χ3n) is 2.48. The number of sulfonamides is 1. The number of aromatic carboxylic acids is 1. The fourth-order valence-corrected chi connectivity index (χ4v) is 3.95. The predicted octanol–water partition coefficient (Wildman–Crippen LogP) is 2.99. The van der Waals surface area contributed by atoms with Crippen molar-refractivity contribution in [2.24, 2.45) is 0 Å². The van der Waals surface area contributed by atoms with Gasteiger partial charge in [-0.05, 0) is 35.0 Å². The van der Waals surface area contributed by atoms with Crippen molar-refractivity contribution in [3.05, 3.63) is 38.8 Å². The summed E-state index contributed by atoms with van der Waals surface area (Å²) in [5.74, 6) is -3.38.